The Kier molecular flexibility index (Phi) is 5.98. The highest BCUT2D eigenvalue weighted by atomic mass is 79.9. The van der Waals surface area contributed by atoms with Gasteiger partial charge in [-0.1, -0.05) is 15.9 Å². The predicted octanol–water partition coefficient (Wildman–Crippen LogP) is 2.31. The number of halogens is 2. The van der Waals surface area contributed by atoms with Crippen molar-refractivity contribution in [2.75, 3.05) is 11.3 Å². The van der Waals surface area contributed by atoms with Gasteiger partial charge in [0, 0.05) is 8.95 Å². The van der Waals surface area contributed by atoms with Gasteiger partial charge in [0.25, 0.3) is 0 Å². The maximum atomic E-state index is 11.7. The average molecular weight is 446 g/mol. The lowest BCUT2D eigenvalue weighted by Gasteiger charge is -2.13. The first-order chi connectivity index (χ1) is 9.66. The molecule has 1 aromatic carbocycles. The smallest absolute Gasteiger partial charge is 0.422 e. The van der Waals surface area contributed by atoms with Crippen LogP contribution in [0.2, 0.25) is 0 Å². The maximum Gasteiger partial charge on any atom is 0.422 e. The molecule has 0 spiro atoms. The van der Waals surface area contributed by atoms with Crippen LogP contribution in [-0.4, -0.2) is 32.2 Å². The summed E-state index contributed by atoms with van der Waals surface area (Å²) in [4.78, 5) is 22.3. The van der Waals surface area contributed by atoms with Crippen molar-refractivity contribution in [3.63, 3.8) is 0 Å². The quantitative estimate of drug-likeness (QED) is 0.639. The highest BCUT2D eigenvalue weighted by Crippen LogP contribution is 2.31. The van der Waals surface area contributed by atoms with Crippen molar-refractivity contribution in [2.45, 2.75) is 6.92 Å². The number of carboxylic acid groups (broad SMARTS) is 1. The van der Waals surface area contributed by atoms with Gasteiger partial charge in [-0.3, -0.25) is 4.72 Å². The van der Waals surface area contributed by atoms with Crippen molar-refractivity contribution in [3.05, 3.63) is 26.6 Å². The molecule has 0 aliphatic rings. The van der Waals surface area contributed by atoms with Crippen LogP contribution in [0, 0.1) is 0 Å². The van der Waals surface area contributed by atoms with Gasteiger partial charge in [0.1, 0.15) is 0 Å². The van der Waals surface area contributed by atoms with E-state index in [1.165, 1.54) is 19.1 Å². The van der Waals surface area contributed by atoms with Gasteiger partial charge in [-0.05, 0) is 35.0 Å². The van der Waals surface area contributed by atoms with E-state index in [9.17, 15) is 18.0 Å². The molecule has 3 N–H and O–H groups in total. The average Bonchev–Trinajstić information content (AvgIpc) is 2.31. The molecule has 0 bridgehead atoms. The molecule has 1 amide bonds. The van der Waals surface area contributed by atoms with Crippen LogP contribution in [0.1, 0.15) is 17.3 Å². The van der Waals surface area contributed by atoms with Crippen LogP contribution >= 0.6 is 31.9 Å². The Balaban J connectivity index is 3.13. The summed E-state index contributed by atoms with van der Waals surface area (Å²) >= 11 is 6.15. The number of carbonyl (C=O) groups is 2. The molecule has 0 aliphatic carbocycles. The Hall–Kier alpha value is -1.33. The Morgan fingerprint density at radius 3 is 2.48 bits per heavy atom. The molecule has 116 valence electrons. The van der Waals surface area contributed by atoms with Crippen molar-refractivity contribution in [2.24, 2.45) is 0 Å². The standard InChI is InChI=1S/C10H10Br2N2O6S/c1-2-20-10(17)14-21(18,19)13-8-6(9(15)16)3-5(11)4-7(8)12/h3-4,13H,2H2,1H3,(H,14,17)(H,15,16). The molecule has 0 fully saturated rings. The number of aromatic carboxylic acids is 1. The van der Waals surface area contributed by atoms with Gasteiger partial charge in [0.2, 0.25) is 0 Å². The fraction of sp³-hybridized carbons (Fsp3) is 0.200. The van der Waals surface area contributed by atoms with Crippen LogP contribution in [0.25, 0.3) is 0 Å². The summed E-state index contributed by atoms with van der Waals surface area (Å²) in [6.45, 7) is 1.50. The Labute approximate surface area is 137 Å². The second-order valence-corrected chi connectivity index (χ2v) is 6.73. The van der Waals surface area contributed by atoms with Gasteiger partial charge in [-0.2, -0.15) is 8.42 Å². The number of carbonyl (C=O) groups excluding carboxylic acids is 1. The minimum atomic E-state index is -4.33. The van der Waals surface area contributed by atoms with Gasteiger partial charge in [-0.15, -0.1) is 0 Å². The Bertz CT molecular complexity index is 676. The van der Waals surface area contributed by atoms with Crippen molar-refractivity contribution in [1.82, 2.24) is 4.72 Å². The lowest BCUT2D eigenvalue weighted by Crippen LogP contribution is -2.36. The first-order valence-electron chi connectivity index (χ1n) is 5.36. The van der Waals surface area contributed by atoms with E-state index in [0.717, 1.165) is 0 Å². The number of benzene rings is 1. The van der Waals surface area contributed by atoms with Crippen molar-refractivity contribution >= 4 is 59.8 Å². The van der Waals surface area contributed by atoms with Gasteiger partial charge >= 0.3 is 22.3 Å². The van der Waals surface area contributed by atoms with Crippen LogP contribution in [0.4, 0.5) is 10.5 Å². The van der Waals surface area contributed by atoms with E-state index in [2.05, 4.69) is 36.6 Å². The van der Waals surface area contributed by atoms with Crippen LogP contribution in [0.3, 0.4) is 0 Å². The molecule has 1 rings (SSSR count). The summed E-state index contributed by atoms with van der Waals surface area (Å²) in [6, 6.07) is 2.67. The second kappa shape index (κ2) is 7.09. The molecule has 0 radical (unpaired) electrons. The summed E-state index contributed by atoms with van der Waals surface area (Å²) in [5, 5.41) is 9.09. The van der Waals surface area contributed by atoms with Crippen LogP contribution in [0.5, 0.6) is 0 Å². The van der Waals surface area contributed by atoms with Crippen molar-refractivity contribution in [1.29, 1.82) is 0 Å². The number of rotatable bonds is 5. The third kappa shape index (κ3) is 5.17. The SMILES string of the molecule is CCOC(=O)NS(=O)(=O)Nc1c(Br)cc(Br)cc1C(=O)O. The van der Waals surface area contributed by atoms with E-state index >= 15 is 0 Å². The predicted molar refractivity (Wildman–Crippen MR) is 81.5 cm³/mol. The molecule has 21 heavy (non-hydrogen) atoms. The first kappa shape index (κ1) is 17.7. The van der Waals surface area contributed by atoms with E-state index < -0.39 is 22.3 Å². The van der Waals surface area contributed by atoms with E-state index in [0.29, 0.717) is 4.47 Å². The fourth-order valence-corrected chi connectivity index (χ4v) is 3.55. The molecular weight excluding hydrogens is 436 g/mol. The monoisotopic (exact) mass is 444 g/mol. The second-order valence-electron chi connectivity index (χ2n) is 3.54. The lowest BCUT2D eigenvalue weighted by atomic mass is 10.2. The number of ether oxygens (including phenoxy) is 1. The lowest BCUT2D eigenvalue weighted by molar-refractivity contribution is 0.0698. The molecule has 0 aliphatic heterocycles. The Morgan fingerprint density at radius 1 is 1.33 bits per heavy atom. The van der Waals surface area contributed by atoms with Crippen molar-refractivity contribution in [3.8, 4) is 0 Å². The largest absolute Gasteiger partial charge is 0.478 e. The number of carboxylic acids is 1. The normalized spacial score (nSPS) is 10.8. The topological polar surface area (TPSA) is 122 Å². The number of anilines is 1. The molecule has 0 saturated carbocycles. The highest BCUT2D eigenvalue weighted by molar-refractivity contribution is 9.11. The maximum absolute atomic E-state index is 11.7. The molecule has 8 nitrogen and oxygen atoms in total. The molecular formula is C10H10Br2N2O6S. The zero-order valence-corrected chi connectivity index (χ0v) is 14.5. The third-order valence-corrected chi connectivity index (χ3v) is 4.01. The van der Waals surface area contributed by atoms with Gasteiger partial charge in [0.05, 0.1) is 17.9 Å². The minimum Gasteiger partial charge on any atom is -0.478 e. The molecule has 11 heteroatoms. The van der Waals surface area contributed by atoms with E-state index in [4.69, 9.17) is 5.11 Å². The number of hydrogen-bond donors (Lipinski definition) is 3. The van der Waals surface area contributed by atoms with Crippen LogP contribution < -0.4 is 9.44 Å². The summed E-state index contributed by atoms with van der Waals surface area (Å²) in [6.07, 6.45) is -1.17. The summed E-state index contributed by atoms with van der Waals surface area (Å²) in [7, 11) is -4.33. The summed E-state index contributed by atoms with van der Waals surface area (Å²) < 4.78 is 32.1. The Morgan fingerprint density at radius 2 is 1.95 bits per heavy atom. The first-order valence-corrected chi connectivity index (χ1v) is 8.43. The van der Waals surface area contributed by atoms with Gasteiger partial charge in [-0.25, -0.2) is 14.3 Å². The molecule has 0 heterocycles. The van der Waals surface area contributed by atoms with Gasteiger partial charge < -0.3 is 9.84 Å². The van der Waals surface area contributed by atoms with E-state index in [1.807, 2.05) is 4.72 Å². The van der Waals surface area contributed by atoms with Crippen LogP contribution in [-0.2, 0) is 14.9 Å². The number of amides is 1. The summed E-state index contributed by atoms with van der Waals surface area (Å²) in [5.41, 5.74) is -0.520. The highest BCUT2D eigenvalue weighted by Gasteiger charge is 2.21. The zero-order valence-electron chi connectivity index (χ0n) is 10.5. The fourth-order valence-electron chi connectivity index (χ4n) is 1.28. The number of nitrogens with one attached hydrogen (secondary N) is 2. The molecule has 1 aromatic rings. The third-order valence-electron chi connectivity index (χ3n) is 2.01. The van der Waals surface area contributed by atoms with E-state index in [1.54, 1.807) is 4.72 Å². The molecule has 0 saturated heterocycles. The zero-order chi connectivity index (χ0) is 16.2. The van der Waals surface area contributed by atoms with Gasteiger partial charge in [0.15, 0.2) is 0 Å². The number of hydrogen-bond acceptors (Lipinski definition) is 5. The van der Waals surface area contributed by atoms with Crippen LogP contribution in [0.15, 0.2) is 21.1 Å². The van der Waals surface area contributed by atoms with E-state index in [-0.39, 0.29) is 22.3 Å². The molecule has 0 unspecified atom stereocenters. The summed E-state index contributed by atoms with van der Waals surface area (Å²) in [5.74, 6) is -1.34. The molecule has 0 atom stereocenters. The van der Waals surface area contributed by atoms with Crippen molar-refractivity contribution < 1.29 is 27.9 Å². The minimum absolute atomic E-state index is 0.0102. The molecule has 0 aromatic heterocycles.